The van der Waals surface area contributed by atoms with Crippen LogP contribution < -0.4 is 0 Å². The van der Waals surface area contributed by atoms with Crippen LogP contribution >= 0.6 is 0 Å². The van der Waals surface area contributed by atoms with Crippen LogP contribution in [-0.2, 0) is 4.79 Å². The molecule has 2 saturated heterocycles. The fourth-order valence-corrected chi connectivity index (χ4v) is 2.24. The van der Waals surface area contributed by atoms with E-state index in [1.54, 1.807) is 4.90 Å². The van der Waals surface area contributed by atoms with Crippen LogP contribution in [0, 0.1) is 11.3 Å². The van der Waals surface area contributed by atoms with E-state index in [0.29, 0.717) is 5.92 Å². The van der Waals surface area contributed by atoms with Crippen LogP contribution in [0.1, 0.15) is 20.8 Å². The summed E-state index contributed by atoms with van der Waals surface area (Å²) >= 11 is 0. The first-order valence-electron chi connectivity index (χ1n) is 6.05. The van der Waals surface area contributed by atoms with E-state index in [-0.39, 0.29) is 31.0 Å². The van der Waals surface area contributed by atoms with Crippen molar-refractivity contribution in [3.05, 3.63) is 0 Å². The average molecular weight is 246 g/mol. The molecule has 0 bridgehead atoms. The monoisotopic (exact) mass is 246 g/mol. The van der Waals surface area contributed by atoms with E-state index in [1.165, 1.54) is 4.90 Å². The largest absolute Gasteiger partial charge is 0.341 e. The molecule has 17 heavy (non-hydrogen) atoms. The maximum atomic E-state index is 12.6. The van der Waals surface area contributed by atoms with Gasteiger partial charge in [-0.3, -0.25) is 9.69 Å². The smallest absolute Gasteiger partial charge is 0.272 e. The number of hydrogen-bond donors (Lipinski definition) is 0. The summed E-state index contributed by atoms with van der Waals surface area (Å²) in [6, 6.07) is 0. The minimum absolute atomic E-state index is 0.0130. The second-order valence-electron chi connectivity index (χ2n) is 6.36. The van der Waals surface area contributed by atoms with E-state index in [9.17, 15) is 13.6 Å². The van der Waals surface area contributed by atoms with Crippen LogP contribution in [-0.4, -0.2) is 54.4 Å². The van der Waals surface area contributed by atoms with Gasteiger partial charge in [0.2, 0.25) is 5.91 Å². The van der Waals surface area contributed by atoms with Crippen LogP contribution in [0.15, 0.2) is 0 Å². The van der Waals surface area contributed by atoms with Gasteiger partial charge < -0.3 is 4.90 Å². The van der Waals surface area contributed by atoms with Gasteiger partial charge in [0.25, 0.3) is 5.92 Å². The number of amides is 1. The molecular formula is C12H20F2N2O. The summed E-state index contributed by atoms with van der Waals surface area (Å²) < 4.78 is 25.2. The summed E-state index contributed by atoms with van der Waals surface area (Å²) in [6.07, 6.45) is 0. The molecule has 98 valence electrons. The van der Waals surface area contributed by atoms with Crippen LogP contribution in [0.5, 0.6) is 0 Å². The van der Waals surface area contributed by atoms with E-state index in [1.807, 2.05) is 0 Å². The van der Waals surface area contributed by atoms with Crippen molar-refractivity contribution in [1.82, 2.24) is 9.80 Å². The van der Waals surface area contributed by atoms with Crippen molar-refractivity contribution < 1.29 is 13.6 Å². The zero-order valence-electron chi connectivity index (χ0n) is 10.7. The van der Waals surface area contributed by atoms with Crippen molar-refractivity contribution in [2.45, 2.75) is 26.7 Å². The fraction of sp³-hybridized carbons (Fsp3) is 0.917. The van der Waals surface area contributed by atoms with Gasteiger partial charge in [-0.2, -0.15) is 0 Å². The standard InChI is InChI=1S/C12H20F2N2O/c1-11(2,3)9-4-16(5-9)10(17)6-15-7-12(13,14)8-15/h9H,4-8H2,1-3H3. The van der Waals surface area contributed by atoms with Crippen LogP contribution in [0.4, 0.5) is 8.78 Å². The molecule has 2 heterocycles. The lowest BCUT2D eigenvalue weighted by atomic mass is 9.76. The van der Waals surface area contributed by atoms with Gasteiger partial charge >= 0.3 is 0 Å². The summed E-state index contributed by atoms with van der Waals surface area (Å²) in [5.74, 6) is -2.06. The van der Waals surface area contributed by atoms with Gasteiger partial charge in [-0.1, -0.05) is 20.8 Å². The molecule has 0 aliphatic carbocycles. The molecule has 0 N–H and O–H groups in total. The first kappa shape index (κ1) is 12.7. The van der Waals surface area contributed by atoms with Crippen molar-refractivity contribution in [3.63, 3.8) is 0 Å². The van der Waals surface area contributed by atoms with E-state index in [4.69, 9.17) is 0 Å². The van der Waals surface area contributed by atoms with Crippen molar-refractivity contribution in [3.8, 4) is 0 Å². The predicted molar refractivity (Wildman–Crippen MR) is 60.9 cm³/mol. The number of nitrogens with zero attached hydrogens (tertiary/aromatic N) is 2. The van der Waals surface area contributed by atoms with Gasteiger partial charge in [-0.25, -0.2) is 8.78 Å². The molecule has 2 aliphatic heterocycles. The summed E-state index contributed by atoms with van der Waals surface area (Å²) in [7, 11) is 0. The van der Waals surface area contributed by atoms with Crippen LogP contribution in [0.3, 0.4) is 0 Å². The minimum Gasteiger partial charge on any atom is -0.341 e. The van der Waals surface area contributed by atoms with Gasteiger partial charge in [0.1, 0.15) is 0 Å². The van der Waals surface area contributed by atoms with Crippen LogP contribution in [0.25, 0.3) is 0 Å². The summed E-state index contributed by atoms with van der Waals surface area (Å²) in [4.78, 5) is 15.0. The van der Waals surface area contributed by atoms with Gasteiger partial charge in [0.15, 0.2) is 0 Å². The van der Waals surface area contributed by atoms with E-state index in [2.05, 4.69) is 20.8 Å². The highest BCUT2D eigenvalue weighted by atomic mass is 19.3. The number of carbonyl (C=O) groups is 1. The van der Waals surface area contributed by atoms with Gasteiger partial charge in [-0.05, 0) is 11.3 Å². The Morgan fingerprint density at radius 2 is 1.82 bits per heavy atom. The Kier molecular flexibility index (Phi) is 2.92. The Hall–Kier alpha value is -0.710. The number of hydrogen-bond acceptors (Lipinski definition) is 2. The third kappa shape index (κ3) is 2.76. The molecule has 2 aliphatic rings. The molecule has 0 atom stereocenters. The number of alkyl halides is 2. The Balaban J connectivity index is 1.70. The van der Waals surface area contributed by atoms with E-state index >= 15 is 0 Å². The molecule has 0 aromatic rings. The zero-order valence-corrected chi connectivity index (χ0v) is 10.7. The molecule has 0 radical (unpaired) electrons. The second kappa shape index (κ2) is 3.90. The van der Waals surface area contributed by atoms with Gasteiger partial charge in [0.05, 0.1) is 19.6 Å². The number of rotatable bonds is 2. The number of likely N-dealkylation sites (tertiary alicyclic amines) is 2. The highest BCUT2D eigenvalue weighted by Gasteiger charge is 2.45. The van der Waals surface area contributed by atoms with Crippen molar-refractivity contribution >= 4 is 5.91 Å². The normalized spacial score (nSPS) is 25.4. The average Bonchev–Trinajstić information content (AvgIpc) is 1.93. The predicted octanol–water partition coefficient (Wildman–Crippen LogP) is 1.44. The molecule has 1 amide bonds. The minimum atomic E-state index is -2.58. The maximum Gasteiger partial charge on any atom is 0.272 e. The lowest BCUT2D eigenvalue weighted by molar-refractivity contribution is -0.156. The third-order valence-corrected chi connectivity index (χ3v) is 3.73. The van der Waals surface area contributed by atoms with E-state index in [0.717, 1.165) is 13.1 Å². The van der Waals surface area contributed by atoms with Crippen LogP contribution in [0.2, 0.25) is 0 Å². The topological polar surface area (TPSA) is 23.6 Å². The quantitative estimate of drug-likeness (QED) is 0.736. The van der Waals surface area contributed by atoms with Crippen molar-refractivity contribution in [2.75, 3.05) is 32.7 Å². The molecule has 5 heteroatoms. The Bertz CT molecular complexity index is 311. The highest BCUT2D eigenvalue weighted by Crippen LogP contribution is 2.34. The molecule has 0 saturated carbocycles. The van der Waals surface area contributed by atoms with Crippen molar-refractivity contribution in [2.24, 2.45) is 11.3 Å². The Morgan fingerprint density at radius 3 is 2.24 bits per heavy atom. The Morgan fingerprint density at radius 1 is 1.29 bits per heavy atom. The second-order valence-corrected chi connectivity index (χ2v) is 6.36. The first-order chi connectivity index (χ1) is 7.67. The number of carbonyl (C=O) groups excluding carboxylic acids is 1. The molecule has 2 fully saturated rings. The SMILES string of the molecule is CC(C)(C)C1CN(C(=O)CN2CC(F)(F)C2)C1. The summed E-state index contributed by atoms with van der Waals surface area (Å²) in [5.41, 5.74) is 0.223. The molecule has 0 aromatic heterocycles. The Labute approximate surface area is 101 Å². The molecule has 3 nitrogen and oxygen atoms in total. The van der Waals surface area contributed by atoms with Gasteiger partial charge in [-0.15, -0.1) is 0 Å². The molecule has 0 aromatic carbocycles. The molecule has 0 unspecified atom stereocenters. The lowest BCUT2D eigenvalue weighted by Crippen LogP contribution is -2.61. The first-order valence-corrected chi connectivity index (χ1v) is 6.05. The highest BCUT2D eigenvalue weighted by molar-refractivity contribution is 5.79. The maximum absolute atomic E-state index is 12.6. The molecule has 0 spiro atoms. The van der Waals surface area contributed by atoms with Gasteiger partial charge in [0, 0.05) is 13.1 Å². The summed E-state index contributed by atoms with van der Waals surface area (Å²) in [6.45, 7) is 7.64. The molecule has 2 rings (SSSR count). The zero-order chi connectivity index (χ0) is 12.8. The molecular weight excluding hydrogens is 226 g/mol. The van der Waals surface area contributed by atoms with Crippen molar-refractivity contribution in [1.29, 1.82) is 0 Å². The summed E-state index contributed by atoms with van der Waals surface area (Å²) in [5, 5.41) is 0. The third-order valence-electron chi connectivity index (χ3n) is 3.73. The fourth-order valence-electron chi connectivity index (χ4n) is 2.24. The lowest BCUT2D eigenvalue weighted by Gasteiger charge is -2.47. The van der Waals surface area contributed by atoms with E-state index < -0.39 is 5.92 Å². The number of halogens is 2.